The van der Waals surface area contributed by atoms with Crippen LogP contribution in [-0.4, -0.2) is 4.98 Å². The Hall–Kier alpha value is -2.42. The summed E-state index contributed by atoms with van der Waals surface area (Å²) in [4.78, 5) is 3.41. The SMILES string of the molecule is CC.C[n+]1c2cc(F)ccc2cc2[nH]c3ccccc3c21. The van der Waals surface area contributed by atoms with Gasteiger partial charge in [-0.3, -0.25) is 0 Å². The Morgan fingerprint density at radius 2 is 1.71 bits per heavy atom. The van der Waals surface area contributed by atoms with Crippen molar-refractivity contribution in [3.63, 3.8) is 0 Å². The second kappa shape index (κ2) is 5.17. The zero-order valence-corrected chi connectivity index (χ0v) is 12.4. The molecular weight excluding hydrogens is 263 g/mol. The summed E-state index contributed by atoms with van der Waals surface area (Å²) < 4.78 is 15.5. The van der Waals surface area contributed by atoms with Gasteiger partial charge in [0, 0.05) is 11.5 Å². The van der Waals surface area contributed by atoms with Gasteiger partial charge in [0.25, 0.3) is 0 Å². The van der Waals surface area contributed by atoms with Crippen LogP contribution in [-0.2, 0) is 7.05 Å². The highest BCUT2D eigenvalue weighted by molar-refractivity contribution is 6.05. The van der Waals surface area contributed by atoms with Crippen molar-refractivity contribution >= 4 is 32.8 Å². The highest BCUT2D eigenvalue weighted by Crippen LogP contribution is 2.25. The lowest BCUT2D eigenvalue weighted by Gasteiger charge is -1.99. The fourth-order valence-corrected chi connectivity index (χ4v) is 2.82. The van der Waals surface area contributed by atoms with Gasteiger partial charge >= 0.3 is 0 Å². The molecule has 0 saturated carbocycles. The van der Waals surface area contributed by atoms with Gasteiger partial charge in [-0.2, -0.15) is 4.57 Å². The van der Waals surface area contributed by atoms with E-state index in [2.05, 4.69) is 23.2 Å². The van der Waals surface area contributed by atoms with Gasteiger partial charge in [-0.05, 0) is 30.3 Å². The Balaban J connectivity index is 0.000000636. The monoisotopic (exact) mass is 281 g/mol. The number of aromatic nitrogens is 2. The molecule has 2 aromatic carbocycles. The van der Waals surface area contributed by atoms with Crippen LogP contribution in [0.2, 0.25) is 0 Å². The van der Waals surface area contributed by atoms with Gasteiger partial charge in [0.1, 0.15) is 18.4 Å². The minimum Gasteiger partial charge on any atom is -0.349 e. The third-order valence-corrected chi connectivity index (χ3v) is 3.70. The standard InChI is InChI=1S/C16H11FN2.C2H6/c1-19-15-9-11(17)7-6-10(15)8-14-16(19)12-4-2-3-5-13(12)18-14;1-2/h2-9H,1H3;1-2H3/p+1. The van der Waals surface area contributed by atoms with Crippen LogP contribution in [0.1, 0.15) is 13.8 Å². The van der Waals surface area contributed by atoms with Crippen LogP contribution in [0.3, 0.4) is 0 Å². The predicted molar refractivity (Wildman–Crippen MR) is 85.8 cm³/mol. The molecule has 0 unspecified atom stereocenters. The second-order valence-electron chi connectivity index (χ2n) is 4.84. The third-order valence-electron chi connectivity index (χ3n) is 3.70. The Morgan fingerprint density at radius 3 is 2.52 bits per heavy atom. The lowest BCUT2D eigenvalue weighted by atomic mass is 10.1. The summed E-state index contributed by atoms with van der Waals surface area (Å²) >= 11 is 0. The summed E-state index contributed by atoms with van der Waals surface area (Å²) in [6, 6.07) is 15.1. The normalized spacial score (nSPS) is 10.9. The van der Waals surface area contributed by atoms with Crippen LogP contribution in [0, 0.1) is 5.82 Å². The van der Waals surface area contributed by atoms with Crippen molar-refractivity contribution < 1.29 is 8.96 Å². The van der Waals surface area contributed by atoms with Crippen molar-refractivity contribution in [2.75, 3.05) is 0 Å². The van der Waals surface area contributed by atoms with Crippen LogP contribution in [0.15, 0.2) is 48.5 Å². The van der Waals surface area contributed by atoms with E-state index in [1.807, 2.05) is 43.7 Å². The highest BCUT2D eigenvalue weighted by atomic mass is 19.1. The molecule has 0 saturated heterocycles. The molecule has 0 amide bonds. The number of nitrogens with one attached hydrogen (secondary N) is 1. The Kier molecular flexibility index (Phi) is 3.34. The average molecular weight is 281 g/mol. The van der Waals surface area contributed by atoms with Crippen LogP contribution >= 0.6 is 0 Å². The van der Waals surface area contributed by atoms with Crippen molar-refractivity contribution in [1.82, 2.24) is 4.98 Å². The maximum atomic E-state index is 13.4. The molecule has 2 aromatic heterocycles. The molecule has 4 aromatic rings. The molecule has 0 atom stereocenters. The number of halogens is 1. The lowest BCUT2D eigenvalue weighted by Crippen LogP contribution is -2.29. The second-order valence-corrected chi connectivity index (χ2v) is 4.84. The first-order chi connectivity index (χ1) is 10.2. The van der Waals surface area contributed by atoms with Crippen LogP contribution in [0.25, 0.3) is 32.8 Å². The summed E-state index contributed by atoms with van der Waals surface area (Å²) in [5.74, 6) is -0.206. The maximum Gasteiger partial charge on any atom is 0.238 e. The summed E-state index contributed by atoms with van der Waals surface area (Å²) in [7, 11) is 1.98. The molecular formula is C18H18FN2+. The predicted octanol–water partition coefficient (Wildman–Crippen LogP) is 4.46. The van der Waals surface area contributed by atoms with E-state index in [0.717, 1.165) is 32.8 Å². The van der Waals surface area contributed by atoms with Crippen molar-refractivity contribution in [3.05, 3.63) is 54.3 Å². The Labute approximate surface area is 122 Å². The molecule has 0 aliphatic heterocycles. The zero-order valence-electron chi connectivity index (χ0n) is 12.4. The third kappa shape index (κ3) is 2.05. The number of H-pyrrole nitrogens is 1. The van der Waals surface area contributed by atoms with Crippen LogP contribution in [0.4, 0.5) is 4.39 Å². The van der Waals surface area contributed by atoms with Crippen molar-refractivity contribution in [2.45, 2.75) is 13.8 Å². The molecule has 0 aliphatic carbocycles. The molecule has 0 bridgehead atoms. The number of benzene rings is 2. The van der Waals surface area contributed by atoms with E-state index in [-0.39, 0.29) is 5.82 Å². The fourth-order valence-electron chi connectivity index (χ4n) is 2.82. The van der Waals surface area contributed by atoms with Gasteiger partial charge in [-0.15, -0.1) is 0 Å². The number of hydrogen-bond donors (Lipinski definition) is 1. The van der Waals surface area contributed by atoms with E-state index in [0.29, 0.717) is 0 Å². The quantitative estimate of drug-likeness (QED) is 0.459. The number of aryl methyl sites for hydroxylation is 1. The molecule has 2 nitrogen and oxygen atoms in total. The summed E-state index contributed by atoms with van der Waals surface area (Å²) in [6.45, 7) is 4.00. The number of nitrogens with zero attached hydrogens (tertiary/aromatic N) is 1. The minimum atomic E-state index is -0.206. The van der Waals surface area contributed by atoms with E-state index >= 15 is 0 Å². The molecule has 4 rings (SSSR count). The van der Waals surface area contributed by atoms with Crippen molar-refractivity contribution in [3.8, 4) is 0 Å². The number of hydrogen-bond acceptors (Lipinski definition) is 0. The van der Waals surface area contributed by atoms with Gasteiger partial charge in [0.2, 0.25) is 11.0 Å². The van der Waals surface area contributed by atoms with Gasteiger partial charge < -0.3 is 4.98 Å². The van der Waals surface area contributed by atoms with Crippen LogP contribution in [0.5, 0.6) is 0 Å². The zero-order chi connectivity index (χ0) is 15.0. The Morgan fingerprint density at radius 1 is 0.952 bits per heavy atom. The van der Waals surface area contributed by atoms with Crippen molar-refractivity contribution in [2.24, 2.45) is 7.05 Å². The molecule has 21 heavy (non-hydrogen) atoms. The number of aromatic amines is 1. The topological polar surface area (TPSA) is 19.7 Å². The molecule has 106 valence electrons. The minimum absolute atomic E-state index is 0.206. The first-order valence-electron chi connectivity index (χ1n) is 7.23. The van der Waals surface area contributed by atoms with Crippen LogP contribution < -0.4 is 4.57 Å². The number of para-hydroxylation sites is 1. The summed E-state index contributed by atoms with van der Waals surface area (Å²) in [6.07, 6.45) is 0. The molecule has 0 fully saturated rings. The van der Waals surface area contributed by atoms with E-state index in [1.165, 1.54) is 6.07 Å². The molecule has 0 spiro atoms. The van der Waals surface area contributed by atoms with Gasteiger partial charge in [0.05, 0.1) is 10.9 Å². The Bertz CT molecular complexity index is 938. The maximum absolute atomic E-state index is 13.4. The first kappa shape index (κ1) is 13.6. The van der Waals surface area contributed by atoms with E-state index in [4.69, 9.17) is 0 Å². The van der Waals surface area contributed by atoms with Crippen molar-refractivity contribution in [1.29, 1.82) is 0 Å². The number of pyridine rings is 1. The molecule has 2 heterocycles. The summed E-state index contributed by atoms with van der Waals surface area (Å²) in [5, 5.41) is 2.19. The molecule has 1 N–H and O–H groups in total. The van der Waals surface area contributed by atoms with E-state index in [9.17, 15) is 4.39 Å². The van der Waals surface area contributed by atoms with E-state index in [1.54, 1.807) is 6.07 Å². The molecule has 0 aliphatic rings. The number of fused-ring (bicyclic) bond motifs is 4. The van der Waals surface area contributed by atoms with E-state index < -0.39 is 0 Å². The molecule has 0 radical (unpaired) electrons. The smallest absolute Gasteiger partial charge is 0.238 e. The fraction of sp³-hybridized carbons (Fsp3) is 0.167. The molecule has 3 heteroatoms. The van der Waals surface area contributed by atoms with Gasteiger partial charge in [0.15, 0.2) is 0 Å². The highest BCUT2D eigenvalue weighted by Gasteiger charge is 2.17. The van der Waals surface area contributed by atoms with Gasteiger partial charge in [-0.25, -0.2) is 4.39 Å². The summed E-state index contributed by atoms with van der Waals surface area (Å²) in [5.41, 5.74) is 4.18. The number of rotatable bonds is 0. The largest absolute Gasteiger partial charge is 0.349 e. The first-order valence-corrected chi connectivity index (χ1v) is 7.23. The van der Waals surface area contributed by atoms with Gasteiger partial charge in [-0.1, -0.05) is 26.0 Å². The lowest BCUT2D eigenvalue weighted by molar-refractivity contribution is -0.616. The average Bonchev–Trinajstić information content (AvgIpc) is 2.89.